The van der Waals surface area contributed by atoms with Crippen LogP contribution in [0.3, 0.4) is 0 Å². The summed E-state index contributed by atoms with van der Waals surface area (Å²) in [5, 5.41) is 26.0. The smallest absolute Gasteiger partial charge is 0.182 e. The van der Waals surface area contributed by atoms with Crippen LogP contribution in [0.25, 0.3) is 11.2 Å². The summed E-state index contributed by atoms with van der Waals surface area (Å²) >= 11 is 2.11. The van der Waals surface area contributed by atoms with E-state index in [-0.39, 0.29) is 13.2 Å². The number of aliphatic hydroxyl groups is 2. The summed E-state index contributed by atoms with van der Waals surface area (Å²) in [6.45, 7) is 8.42. The fourth-order valence-electron chi connectivity index (χ4n) is 2.14. The van der Waals surface area contributed by atoms with Gasteiger partial charge in [0.1, 0.15) is 17.9 Å². The van der Waals surface area contributed by atoms with E-state index in [4.69, 9.17) is 9.84 Å². The molecule has 2 aromatic heterocycles. The van der Waals surface area contributed by atoms with Crippen molar-refractivity contribution in [2.45, 2.75) is 45.4 Å². The topological polar surface area (TPSA) is 105 Å². The third kappa shape index (κ3) is 5.84. The number of hydrogen-bond donors (Lipinski definition) is 3. The summed E-state index contributed by atoms with van der Waals surface area (Å²) in [4.78, 5) is 9.06. The van der Waals surface area contributed by atoms with E-state index in [2.05, 4.69) is 62.6 Å². The van der Waals surface area contributed by atoms with Crippen LogP contribution in [0.1, 0.15) is 12.1 Å². The Morgan fingerprint density at radius 1 is 1.24 bits per heavy atom. The van der Waals surface area contributed by atoms with Gasteiger partial charge in [-0.25, -0.2) is 14.6 Å². The third-order valence-electron chi connectivity index (χ3n) is 3.59. The SMILES string of the molecule is C[Si](C)(C)CCOCn1nc(I)c2nc(CO)c(NCCCO)nc21. The minimum atomic E-state index is -1.13. The van der Waals surface area contributed by atoms with E-state index in [0.29, 0.717) is 49.0 Å². The lowest BCUT2D eigenvalue weighted by Gasteiger charge is -2.15. The predicted molar refractivity (Wildman–Crippen MR) is 108 cm³/mol. The van der Waals surface area contributed by atoms with Crippen LogP contribution in [0.2, 0.25) is 25.7 Å². The van der Waals surface area contributed by atoms with Gasteiger partial charge >= 0.3 is 0 Å². The van der Waals surface area contributed by atoms with E-state index in [1.165, 1.54) is 0 Å². The monoisotopic (exact) mass is 479 g/mol. The Labute approximate surface area is 162 Å². The van der Waals surface area contributed by atoms with Gasteiger partial charge in [0, 0.05) is 27.8 Å². The summed E-state index contributed by atoms with van der Waals surface area (Å²) in [5.74, 6) is 0.517. The molecular weight excluding hydrogens is 453 g/mol. The lowest BCUT2D eigenvalue weighted by Crippen LogP contribution is -2.22. The van der Waals surface area contributed by atoms with E-state index in [1.54, 1.807) is 4.68 Å². The fraction of sp³-hybridized carbons (Fsp3) is 0.667. The molecule has 25 heavy (non-hydrogen) atoms. The fourth-order valence-corrected chi connectivity index (χ4v) is 3.52. The minimum absolute atomic E-state index is 0.0951. The molecule has 0 amide bonds. The Morgan fingerprint density at radius 3 is 2.64 bits per heavy atom. The first-order valence-electron chi connectivity index (χ1n) is 8.32. The number of fused-ring (bicyclic) bond motifs is 1. The molecule has 0 bridgehead atoms. The molecule has 0 saturated heterocycles. The van der Waals surface area contributed by atoms with Crippen LogP contribution in [-0.2, 0) is 18.1 Å². The number of nitrogens with one attached hydrogen (secondary N) is 1. The minimum Gasteiger partial charge on any atom is -0.396 e. The van der Waals surface area contributed by atoms with Gasteiger partial charge in [-0.3, -0.25) is 0 Å². The van der Waals surface area contributed by atoms with E-state index in [1.807, 2.05) is 0 Å². The van der Waals surface area contributed by atoms with E-state index >= 15 is 0 Å². The maximum absolute atomic E-state index is 9.54. The van der Waals surface area contributed by atoms with Gasteiger partial charge in [-0.2, -0.15) is 5.10 Å². The number of ether oxygens (including phenoxy) is 1. The van der Waals surface area contributed by atoms with Crippen LogP contribution in [-0.4, -0.2) is 57.8 Å². The number of nitrogens with zero attached hydrogens (tertiary/aromatic N) is 4. The lowest BCUT2D eigenvalue weighted by molar-refractivity contribution is 0.0810. The second-order valence-electron chi connectivity index (χ2n) is 6.99. The molecule has 140 valence electrons. The van der Waals surface area contributed by atoms with E-state index in [0.717, 1.165) is 9.74 Å². The van der Waals surface area contributed by atoms with Gasteiger partial charge in [0.2, 0.25) is 0 Å². The summed E-state index contributed by atoms with van der Waals surface area (Å²) < 4.78 is 8.20. The summed E-state index contributed by atoms with van der Waals surface area (Å²) in [6.07, 6.45) is 0.598. The van der Waals surface area contributed by atoms with Gasteiger partial charge in [0.15, 0.2) is 15.2 Å². The van der Waals surface area contributed by atoms with Crippen LogP contribution >= 0.6 is 22.6 Å². The molecule has 2 rings (SSSR count). The molecule has 2 heterocycles. The Hall–Kier alpha value is -0.823. The first-order chi connectivity index (χ1) is 11.9. The molecule has 0 spiro atoms. The van der Waals surface area contributed by atoms with Crippen molar-refractivity contribution in [3.8, 4) is 0 Å². The zero-order valence-electron chi connectivity index (χ0n) is 14.9. The molecular formula is C15H26IN5O3Si. The highest BCUT2D eigenvalue weighted by atomic mass is 127. The molecule has 0 atom stereocenters. The maximum atomic E-state index is 9.54. The molecule has 0 aliphatic rings. The Kier molecular flexibility index (Phi) is 7.55. The average Bonchev–Trinajstić information content (AvgIpc) is 2.85. The summed E-state index contributed by atoms with van der Waals surface area (Å²) in [6, 6.07) is 1.09. The molecule has 0 saturated carbocycles. The molecule has 0 aliphatic carbocycles. The normalized spacial score (nSPS) is 12.1. The van der Waals surface area contributed by atoms with Gasteiger partial charge < -0.3 is 20.3 Å². The van der Waals surface area contributed by atoms with Crippen molar-refractivity contribution in [3.05, 3.63) is 9.39 Å². The molecule has 3 N–H and O–H groups in total. The molecule has 0 aromatic carbocycles. The first-order valence-corrected chi connectivity index (χ1v) is 13.1. The van der Waals surface area contributed by atoms with E-state index < -0.39 is 8.07 Å². The highest BCUT2D eigenvalue weighted by molar-refractivity contribution is 14.1. The second-order valence-corrected chi connectivity index (χ2v) is 13.6. The van der Waals surface area contributed by atoms with Crippen LogP contribution in [0.4, 0.5) is 5.82 Å². The van der Waals surface area contributed by atoms with E-state index in [9.17, 15) is 5.11 Å². The zero-order chi connectivity index (χ0) is 18.4. The van der Waals surface area contributed by atoms with Crippen LogP contribution in [0.5, 0.6) is 0 Å². The highest BCUT2D eigenvalue weighted by Gasteiger charge is 2.17. The molecule has 0 aliphatic heterocycles. The third-order valence-corrected chi connectivity index (χ3v) is 6.02. The Bertz CT molecular complexity index is 705. The number of halogens is 1. The van der Waals surface area contributed by atoms with Crippen molar-refractivity contribution in [1.29, 1.82) is 0 Å². The van der Waals surface area contributed by atoms with Crippen molar-refractivity contribution in [2.75, 3.05) is 25.1 Å². The standard InChI is InChI=1S/C15H26IN5O3Si/c1-25(2,3)8-7-24-10-21-15-12(13(16)20-21)18-11(9-23)14(19-15)17-5-4-6-22/h22-23H,4-10H2,1-3H3,(H,17,19). The van der Waals surface area contributed by atoms with Crippen molar-refractivity contribution in [2.24, 2.45) is 0 Å². The molecule has 2 aromatic rings. The summed E-state index contributed by atoms with van der Waals surface area (Å²) in [7, 11) is -1.13. The second kappa shape index (κ2) is 9.21. The predicted octanol–water partition coefficient (Wildman–Crippen LogP) is 2.03. The first kappa shape index (κ1) is 20.5. The number of hydrogen-bond acceptors (Lipinski definition) is 7. The van der Waals surface area contributed by atoms with Crippen LogP contribution in [0.15, 0.2) is 0 Å². The lowest BCUT2D eigenvalue weighted by atomic mass is 10.3. The number of rotatable bonds is 10. The molecule has 0 unspecified atom stereocenters. The van der Waals surface area contributed by atoms with Crippen molar-refractivity contribution in [3.63, 3.8) is 0 Å². The van der Waals surface area contributed by atoms with Crippen molar-refractivity contribution >= 4 is 47.6 Å². The molecule has 10 heteroatoms. The average molecular weight is 479 g/mol. The quantitative estimate of drug-likeness (QED) is 0.272. The zero-order valence-corrected chi connectivity index (χ0v) is 18.1. The number of aromatic nitrogens is 4. The number of anilines is 1. The Morgan fingerprint density at radius 2 is 2.00 bits per heavy atom. The van der Waals surface area contributed by atoms with Gasteiger partial charge in [0.25, 0.3) is 0 Å². The number of aliphatic hydroxyl groups excluding tert-OH is 2. The largest absolute Gasteiger partial charge is 0.396 e. The van der Waals surface area contributed by atoms with Crippen LogP contribution in [0, 0.1) is 3.70 Å². The van der Waals surface area contributed by atoms with Gasteiger partial charge in [-0.1, -0.05) is 19.6 Å². The Balaban J connectivity index is 2.18. The molecule has 0 radical (unpaired) electrons. The van der Waals surface area contributed by atoms with Crippen molar-refractivity contribution in [1.82, 2.24) is 19.7 Å². The van der Waals surface area contributed by atoms with Crippen LogP contribution < -0.4 is 5.32 Å². The highest BCUT2D eigenvalue weighted by Crippen LogP contribution is 2.21. The van der Waals surface area contributed by atoms with Crippen molar-refractivity contribution < 1.29 is 14.9 Å². The molecule has 8 nitrogen and oxygen atoms in total. The van der Waals surface area contributed by atoms with Gasteiger partial charge in [-0.15, -0.1) is 0 Å². The molecule has 0 fully saturated rings. The van der Waals surface area contributed by atoms with Gasteiger partial charge in [-0.05, 0) is 35.1 Å². The maximum Gasteiger partial charge on any atom is 0.182 e. The van der Waals surface area contributed by atoms with Gasteiger partial charge in [0.05, 0.1) is 6.61 Å². The summed E-state index contributed by atoms with van der Waals surface area (Å²) in [5.41, 5.74) is 1.76.